The molecule has 0 unspecified atom stereocenters. The standard InChI is InChI=1S/C23H24N2O3/c1-14-4-3-9-23(2)21(28-23)20-17(7-5-14)18(22(26)27-20)11-15-6-8-19-16(10-15)12-24-13-25-19/h4,6,8,10-13,17,20-21H,3,5,7,9H2,1-2H3/b14-4+,18-11-/t17-,20-,21-,23+/m0/s1. The van der Waals surface area contributed by atoms with E-state index in [0.717, 1.165) is 47.7 Å². The molecule has 0 bridgehead atoms. The van der Waals surface area contributed by atoms with E-state index in [9.17, 15) is 4.79 Å². The van der Waals surface area contributed by atoms with Gasteiger partial charge < -0.3 is 9.47 Å². The van der Waals surface area contributed by atoms with Gasteiger partial charge in [0.1, 0.15) is 18.5 Å². The number of rotatable bonds is 1. The molecule has 0 radical (unpaired) electrons. The zero-order valence-electron chi connectivity index (χ0n) is 16.2. The molecule has 2 fully saturated rings. The van der Waals surface area contributed by atoms with Crippen LogP contribution in [-0.2, 0) is 14.3 Å². The lowest BCUT2D eigenvalue weighted by molar-refractivity contribution is -0.139. The van der Waals surface area contributed by atoms with E-state index >= 15 is 0 Å². The van der Waals surface area contributed by atoms with E-state index in [4.69, 9.17) is 9.47 Å². The van der Waals surface area contributed by atoms with Crippen LogP contribution in [0.1, 0.15) is 45.1 Å². The highest BCUT2D eigenvalue weighted by Gasteiger charge is 2.61. The Morgan fingerprint density at radius 1 is 1.32 bits per heavy atom. The number of allylic oxidation sites excluding steroid dienone is 2. The lowest BCUT2D eigenvalue weighted by Crippen LogP contribution is -2.28. The van der Waals surface area contributed by atoms with Crippen LogP contribution in [0.15, 0.2) is 47.9 Å². The maximum atomic E-state index is 12.8. The predicted octanol–water partition coefficient (Wildman–Crippen LogP) is 4.23. The van der Waals surface area contributed by atoms with Crippen LogP contribution >= 0.6 is 0 Å². The third-order valence-corrected chi connectivity index (χ3v) is 6.35. The summed E-state index contributed by atoms with van der Waals surface area (Å²) in [4.78, 5) is 21.1. The van der Waals surface area contributed by atoms with Gasteiger partial charge >= 0.3 is 5.97 Å². The predicted molar refractivity (Wildman–Crippen MR) is 106 cm³/mol. The number of nitrogens with zero attached hydrogens (tertiary/aromatic N) is 2. The molecule has 5 nitrogen and oxygen atoms in total. The quantitative estimate of drug-likeness (QED) is 0.322. The number of epoxide rings is 1. The number of benzene rings is 1. The largest absolute Gasteiger partial charge is 0.455 e. The fraction of sp³-hybridized carbons (Fsp3) is 0.435. The Balaban J connectivity index is 1.51. The molecule has 0 amide bonds. The fourth-order valence-corrected chi connectivity index (χ4v) is 4.60. The number of ether oxygens (including phenoxy) is 2. The van der Waals surface area contributed by atoms with Crippen LogP contribution in [-0.4, -0.2) is 33.7 Å². The molecule has 5 rings (SSSR count). The molecular formula is C23H24N2O3. The molecule has 1 aliphatic carbocycles. The highest BCUT2D eigenvalue weighted by molar-refractivity contribution is 5.97. The van der Waals surface area contributed by atoms with Crippen molar-refractivity contribution >= 4 is 22.9 Å². The van der Waals surface area contributed by atoms with Gasteiger partial charge in [-0.2, -0.15) is 0 Å². The summed E-state index contributed by atoms with van der Waals surface area (Å²) in [6.45, 7) is 4.31. The third kappa shape index (κ3) is 3.04. The molecule has 0 spiro atoms. The van der Waals surface area contributed by atoms with E-state index in [1.807, 2.05) is 24.3 Å². The Labute approximate surface area is 164 Å². The molecule has 3 aliphatic rings. The van der Waals surface area contributed by atoms with Crippen molar-refractivity contribution < 1.29 is 14.3 Å². The van der Waals surface area contributed by atoms with Crippen LogP contribution in [0.2, 0.25) is 0 Å². The van der Waals surface area contributed by atoms with Crippen LogP contribution in [0.25, 0.3) is 17.0 Å². The smallest absolute Gasteiger partial charge is 0.334 e. The molecule has 2 saturated heterocycles. The summed E-state index contributed by atoms with van der Waals surface area (Å²) in [6, 6.07) is 5.97. The average molecular weight is 376 g/mol. The van der Waals surface area contributed by atoms with E-state index in [-0.39, 0.29) is 29.7 Å². The minimum atomic E-state index is -0.210. The van der Waals surface area contributed by atoms with Gasteiger partial charge in [0.25, 0.3) is 0 Å². The Kier molecular flexibility index (Phi) is 4.09. The van der Waals surface area contributed by atoms with Gasteiger partial charge in [0.05, 0.1) is 11.1 Å². The Morgan fingerprint density at radius 2 is 2.21 bits per heavy atom. The number of hydrogen-bond donors (Lipinski definition) is 0. The van der Waals surface area contributed by atoms with Crippen molar-refractivity contribution in [2.45, 2.75) is 57.3 Å². The summed E-state index contributed by atoms with van der Waals surface area (Å²) in [5.41, 5.74) is 3.83. The summed E-state index contributed by atoms with van der Waals surface area (Å²) in [6.07, 6.45) is 11.3. The molecular weight excluding hydrogens is 352 g/mol. The number of carbonyl (C=O) groups excluding carboxylic acids is 1. The van der Waals surface area contributed by atoms with Crippen molar-refractivity contribution in [1.82, 2.24) is 9.97 Å². The van der Waals surface area contributed by atoms with Crippen LogP contribution in [0.5, 0.6) is 0 Å². The van der Waals surface area contributed by atoms with E-state index in [1.165, 1.54) is 5.57 Å². The van der Waals surface area contributed by atoms with Crippen molar-refractivity contribution in [3.05, 3.63) is 53.5 Å². The van der Waals surface area contributed by atoms with Gasteiger partial charge in [-0.3, -0.25) is 0 Å². The lowest BCUT2D eigenvalue weighted by Gasteiger charge is -2.19. The summed E-state index contributed by atoms with van der Waals surface area (Å²) in [7, 11) is 0. The van der Waals surface area contributed by atoms with Gasteiger partial charge in [-0.1, -0.05) is 17.7 Å². The van der Waals surface area contributed by atoms with Crippen LogP contribution < -0.4 is 0 Å². The summed E-state index contributed by atoms with van der Waals surface area (Å²) in [5, 5.41) is 0.961. The monoisotopic (exact) mass is 376 g/mol. The molecule has 144 valence electrons. The molecule has 1 aromatic carbocycles. The molecule has 0 saturated carbocycles. The van der Waals surface area contributed by atoms with Crippen molar-refractivity contribution in [3.63, 3.8) is 0 Å². The summed E-state index contributed by atoms with van der Waals surface area (Å²) < 4.78 is 11.9. The van der Waals surface area contributed by atoms with Gasteiger partial charge in [0, 0.05) is 23.1 Å². The molecule has 2 aromatic rings. The normalized spacial score (nSPS) is 35.6. The minimum absolute atomic E-state index is 0.00385. The van der Waals surface area contributed by atoms with Gasteiger partial charge in [0.2, 0.25) is 0 Å². The maximum Gasteiger partial charge on any atom is 0.334 e. The van der Waals surface area contributed by atoms with Crippen molar-refractivity contribution in [3.8, 4) is 0 Å². The van der Waals surface area contributed by atoms with Crippen LogP contribution in [0.3, 0.4) is 0 Å². The van der Waals surface area contributed by atoms with Crippen molar-refractivity contribution in [2.24, 2.45) is 5.92 Å². The first-order valence-corrected chi connectivity index (χ1v) is 9.99. The fourth-order valence-electron chi connectivity index (χ4n) is 4.60. The van der Waals surface area contributed by atoms with E-state index in [2.05, 4.69) is 29.9 Å². The van der Waals surface area contributed by atoms with Gasteiger partial charge in [-0.05, 0) is 63.3 Å². The van der Waals surface area contributed by atoms with E-state index in [0.29, 0.717) is 0 Å². The van der Waals surface area contributed by atoms with E-state index < -0.39 is 0 Å². The first-order chi connectivity index (χ1) is 13.5. The molecule has 4 atom stereocenters. The summed E-state index contributed by atoms with van der Waals surface area (Å²) >= 11 is 0. The second kappa shape index (κ2) is 6.52. The Bertz CT molecular complexity index is 1010. The van der Waals surface area contributed by atoms with Gasteiger partial charge in [-0.25, -0.2) is 14.8 Å². The second-order valence-electron chi connectivity index (χ2n) is 8.40. The molecule has 5 heteroatoms. The minimum Gasteiger partial charge on any atom is -0.455 e. The Hall–Kier alpha value is -2.53. The van der Waals surface area contributed by atoms with Crippen LogP contribution in [0.4, 0.5) is 0 Å². The highest BCUT2D eigenvalue weighted by atomic mass is 16.6. The molecule has 0 N–H and O–H groups in total. The first kappa shape index (κ1) is 17.6. The van der Waals surface area contributed by atoms with Crippen LogP contribution in [0, 0.1) is 5.92 Å². The Morgan fingerprint density at radius 3 is 3.11 bits per heavy atom. The van der Waals surface area contributed by atoms with Crippen molar-refractivity contribution in [2.75, 3.05) is 0 Å². The number of aromatic nitrogens is 2. The van der Waals surface area contributed by atoms with Crippen molar-refractivity contribution in [1.29, 1.82) is 0 Å². The molecule has 28 heavy (non-hydrogen) atoms. The second-order valence-corrected chi connectivity index (χ2v) is 8.40. The van der Waals surface area contributed by atoms with Gasteiger partial charge in [-0.15, -0.1) is 0 Å². The molecule has 1 aromatic heterocycles. The number of fused-ring (bicyclic) bond motifs is 4. The number of hydrogen-bond acceptors (Lipinski definition) is 5. The lowest BCUT2D eigenvalue weighted by atomic mass is 9.83. The zero-order valence-corrected chi connectivity index (χ0v) is 16.2. The zero-order chi connectivity index (χ0) is 19.3. The number of carbonyl (C=O) groups is 1. The first-order valence-electron chi connectivity index (χ1n) is 9.99. The number of esters is 1. The topological polar surface area (TPSA) is 64.6 Å². The molecule has 2 aliphatic heterocycles. The highest BCUT2D eigenvalue weighted by Crippen LogP contribution is 2.50. The van der Waals surface area contributed by atoms with E-state index in [1.54, 1.807) is 12.5 Å². The molecule has 3 heterocycles. The maximum absolute atomic E-state index is 12.8. The average Bonchev–Trinajstić information content (AvgIpc) is 3.26. The SMILES string of the molecule is C/C1=C\CC[C@@]2(C)O[C@H]2[C@H]2OC(=O)/C(=C\c3ccc4ncncc4c3)[C@@H]2CC1. The third-order valence-electron chi connectivity index (χ3n) is 6.35. The van der Waals surface area contributed by atoms with Gasteiger partial charge in [0.15, 0.2) is 0 Å². The summed E-state index contributed by atoms with van der Waals surface area (Å²) in [5.74, 6) is -0.151.